The average Bonchev–Trinajstić information content (AvgIpc) is 2.24. The second-order valence-corrected chi connectivity index (χ2v) is 4.13. The summed E-state index contributed by atoms with van der Waals surface area (Å²) in [5, 5.41) is 11.4. The first kappa shape index (κ1) is 15.7. The lowest BCUT2D eigenvalue weighted by Crippen LogP contribution is -2.49. The second-order valence-electron chi connectivity index (χ2n) is 4.13. The highest BCUT2D eigenvalue weighted by molar-refractivity contribution is 5.82. The van der Waals surface area contributed by atoms with Crippen LogP contribution in [0.2, 0.25) is 0 Å². The van der Waals surface area contributed by atoms with Crippen LogP contribution in [0.1, 0.15) is 20.8 Å². The number of nitrogens with zero attached hydrogens (tertiary/aromatic N) is 1. The molecule has 0 aromatic heterocycles. The number of carbonyl (C=O) groups is 2. The molecule has 0 radical (unpaired) electrons. The van der Waals surface area contributed by atoms with Gasteiger partial charge in [0.25, 0.3) is 0 Å². The van der Waals surface area contributed by atoms with E-state index in [1.54, 1.807) is 20.9 Å². The van der Waals surface area contributed by atoms with Crippen LogP contribution in [0.25, 0.3) is 0 Å². The van der Waals surface area contributed by atoms with Gasteiger partial charge in [0.15, 0.2) is 0 Å². The number of urea groups is 1. The number of nitrogens with one attached hydrogen (secondary N) is 1. The Kier molecular flexibility index (Phi) is 7.29. The lowest BCUT2D eigenvalue weighted by Gasteiger charge is -2.23. The van der Waals surface area contributed by atoms with Crippen LogP contribution in [0.4, 0.5) is 4.79 Å². The standard InChI is InChI=1S/C11H22N2O4/c1-5-17-7-6-13(4)11(16)12-9(8(2)3)10(14)15/h8-9H,5-7H2,1-4H3,(H,12,16)(H,14,15). The van der Waals surface area contributed by atoms with Gasteiger partial charge in [0.2, 0.25) is 0 Å². The lowest BCUT2D eigenvalue weighted by molar-refractivity contribution is -0.140. The molecule has 0 saturated heterocycles. The topological polar surface area (TPSA) is 78.9 Å². The number of hydrogen-bond donors (Lipinski definition) is 2. The molecule has 0 rings (SSSR count). The van der Waals surface area contributed by atoms with Crippen LogP contribution >= 0.6 is 0 Å². The van der Waals surface area contributed by atoms with E-state index in [0.29, 0.717) is 19.8 Å². The predicted octanol–water partition coefficient (Wildman–Crippen LogP) is 0.773. The number of carbonyl (C=O) groups excluding carboxylic acids is 1. The van der Waals surface area contributed by atoms with Gasteiger partial charge in [-0.15, -0.1) is 0 Å². The zero-order valence-electron chi connectivity index (χ0n) is 10.9. The number of likely N-dealkylation sites (N-methyl/N-ethyl adjacent to an activating group) is 1. The zero-order valence-corrected chi connectivity index (χ0v) is 10.9. The van der Waals surface area contributed by atoms with E-state index in [9.17, 15) is 9.59 Å². The number of hydrogen-bond acceptors (Lipinski definition) is 3. The van der Waals surface area contributed by atoms with E-state index in [4.69, 9.17) is 9.84 Å². The van der Waals surface area contributed by atoms with Gasteiger partial charge in [0, 0.05) is 20.2 Å². The van der Waals surface area contributed by atoms with Crippen molar-refractivity contribution in [1.29, 1.82) is 0 Å². The summed E-state index contributed by atoms with van der Waals surface area (Å²) in [5.41, 5.74) is 0. The fourth-order valence-electron chi connectivity index (χ4n) is 1.20. The molecule has 0 saturated carbocycles. The molecule has 0 aliphatic carbocycles. The van der Waals surface area contributed by atoms with E-state index in [1.807, 2.05) is 6.92 Å². The molecule has 2 amide bonds. The average molecular weight is 246 g/mol. The second kappa shape index (κ2) is 7.89. The van der Waals surface area contributed by atoms with E-state index in [0.717, 1.165) is 0 Å². The molecular weight excluding hydrogens is 224 g/mol. The number of aliphatic carboxylic acids is 1. The van der Waals surface area contributed by atoms with Crippen molar-refractivity contribution < 1.29 is 19.4 Å². The zero-order chi connectivity index (χ0) is 13.4. The fraction of sp³-hybridized carbons (Fsp3) is 0.818. The summed E-state index contributed by atoms with van der Waals surface area (Å²) in [5.74, 6) is -1.18. The molecule has 6 heteroatoms. The molecular formula is C11H22N2O4. The highest BCUT2D eigenvalue weighted by Crippen LogP contribution is 2.02. The van der Waals surface area contributed by atoms with Crippen molar-refractivity contribution in [1.82, 2.24) is 10.2 Å². The van der Waals surface area contributed by atoms with E-state index < -0.39 is 18.0 Å². The van der Waals surface area contributed by atoms with Crippen molar-refractivity contribution in [2.45, 2.75) is 26.8 Å². The largest absolute Gasteiger partial charge is 0.480 e. The molecule has 0 aromatic carbocycles. The van der Waals surface area contributed by atoms with Crippen LogP contribution in [-0.2, 0) is 9.53 Å². The highest BCUT2D eigenvalue weighted by Gasteiger charge is 2.24. The van der Waals surface area contributed by atoms with E-state index in [-0.39, 0.29) is 5.92 Å². The molecule has 0 fully saturated rings. The molecule has 0 aliphatic heterocycles. The van der Waals surface area contributed by atoms with Crippen molar-refractivity contribution >= 4 is 12.0 Å². The number of carboxylic acid groups (broad SMARTS) is 1. The lowest BCUT2D eigenvalue weighted by atomic mass is 10.1. The van der Waals surface area contributed by atoms with Crippen molar-refractivity contribution in [3.05, 3.63) is 0 Å². The van der Waals surface area contributed by atoms with Crippen LogP contribution in [0.5, 0.6) is 0 Å². The fourth-order valence-corrected chi connectivity index (χ4v) is 1.20. The minimum Gasteiger partial charge on any atom is -0.480 e. The third kappa shape index (κ3) is 6.11. The minimum absolute atomic E-state index is 0.156. The Labute approximate surface area is 102 Å². The molecule has 2 N–H and O–H groups in total. The van der Waals surface area contributed by atoms with Crippen molar-refractivity contribution in [2.75, 3.05) is 26.8 Å². The van der Waals surface area contributed by atoms with Gasteiger partial charge in [0.05, 0.1) is 6.61 Å². The van der Waals surface area contributed by atoms with Gasteiger partial charge in [-0.3, -0.25) is 0 Å². The molecule has 0 heterocycles. The maximum absolute atomic E-state index is 11.7. The Bertz CT molecular complexity index is 256. The summed E-state index contributed by atoms with van der Waals surface area (Å²) in [6.07, 6.45) is 0. The molecule has 1 unspecified atom stereocenters. The number of rotatable bonds is 7. The van der Waals surface area contributed by atoms with Crippen molar-refractivity contribution in [3.8, 4) is 0 Å². The number of ether oxygens (including phenoxy) is 1. The van der Waals surface area contributed by atoms with E-state index in [1.165, 1.54) is 4.90 Å². The Morgan fingerprint density at radius 1 is 1.41 bits per heavy atom. The van der Waals surface area contributed by atoms with Crippen LogP contribution in [0.15, 0.2) is 0 Å². The summed E-state index contributed by atoms with van der Waals surface area (Å²) in [6, 6.07) is -1.26. The summed E-state index contributed by atoms with van der Waals surface area (Å²) >= 11 is 0. The van der Waals surface area contributed by atoms with Gasteiger partial charge in [-0.25, -0.2) is 9.59 Å². The Balaban J connectivity index is 4.16. The monoisotopic (exact) mass is 246 g/mol. The molecule has 0 spiro atoms. The molecule has 6 nitrogen and oxygen atoms in total. The van der Waals surface area contributed by atoms with E-state index in [2.05, 4.69) is 5.32 Å². The highest BCUT2D eigenvalue weighted by atomic mass is 16.5. The molecule has 100 valence electrons. The first-order valence-corrected chi connectivity index (χ1v) is 5.72. The van der Waals surface area contributed by atoms with Gasteiger partial charge in [-0.2, -0.15) is 0 Å². The van der Waals surface area contributed by atoms with Crippen molar-refractivity contribution in [3.63, 3.8) is 0 Å². The molecule has 0 aliphatic rings. The van der Waals surface area contributed by atoms with Crippen LogP contribution in [-0.4, -0.2) is 54.9 Å². The minimum atomic E-state index is -1.02. The third-order valence-corrected chi connectivity index (χ3v) is 2.33. The van der Waals surface area contributed by atoms with Crippen LogP contribution in [0, 0.1) is 5.92 Å². The SMILES string of the molecule is CCOCCN(C)C(=O)NC(C(=O)O)C(C)C. The molecule has 1 atom stereocenters. The maximum Gasteiger partial charge on any atom is 0.326 e. The third-order valence-electron chi connectivity index (χ3n) is 2.33. The van der Waals surface area contributed by atoms with Gasteiger partial charge in [-0.05, 0) is 12.8 Å². The smallest absolute Gasteiger partial charge is 0.326 e. The first-order chi connectivity index (χ1) is 7.90. The molecule has 0 bridgehead atoms. The predicted molar refractivity (Wildman–Crippen MR) is 63.9 cm³/mol. The summed E-state index contributed by atoms with van der Waals surface area (Å²) in [4.78, 5) is 24.0. The van der Waals surface area contributed by atoms with Gasteiger partial charge in [-0.1, -0.05) is 13.8 Å². The molecule has 17 heavy (non-hydrogen) atoms. The van der Waals surface area contributed by atoms with Crippen molar-refractivity contribution in [2.24, 2.45) is 5.92 Å². The van der Waals surface area contributed by atoms with E-state index >= 15 is 0 Å². The van der Waals surface area contributed by atoms with Gasteiger partial charge < -0.3 is 20.1 Å². The quantitative estimate of drug-likeness (QED) is 0.650. The Morgan fingerprint density at radius 2 is 2.00 bits per heavy atom. The maximum atomic E-state index is 11.7. The first-order valence-electron chi connectivity index (χ1n) is 5.72. The number of carboxylic acids is 1. The van der Waals surface area contributed by atoms with Gasteiger partial charge in [0.1, 0.15) is 6.04 Å². The number of amides is 2. The van der Waals surface area contributed by atoms with Crippen LogP contribution < -0.4 is 5.32 Å². The Hall–Kier alpha value is -1.30. The normalized spacial score (nSPS) is 12.3. The Morgan fingerprint density at radius 3 is 2.41 bits per heavy atom. The summed E-state index contributed by atoms with van der Waals surface area (Å²) < 4.78 is 5.12. The summed E-state index contributed by atoms with van der Waals surface area (Å²) in [6.45, 7) is 6.85. The molecule has 0 aromatic rings. The van der Waals surface area contributed by atoms with Gasteiger partial charge >= 0.3 is 12.0 Å². The summed E-state index contributed by atoms with van der Waals surface area (Å²) in [7, 11) is 1.60. The van der Waals surface area contributed by atoms with Crippen LogP contribution in [0.3, 0.4) is 0 Å².